The number of fused-ring (bicyclic) bond motifs is 1. The maximum Gasteiger partial charge on any atom is 0.299 e. The molecule has 0 bridgehead atoms. The van der Waals surface area contributed by atoms with Gasteiger partial charge in [0, 0.05) is 6.20 Å². The molecule has 3 rings (SSSR count). The van der Waals surface area contributed by atoms with E-state index in [0.717, 1.165) is 16.5 Å². The highest BCUT2D eigenvalue weighted by Crippen LogP contribution is 2.25. The average Bonchev–Trinajstić information content (AvgIpc) is 2.97. The Balaban J connectivity index is 1.96. The molecule has 0 amide bonds. The van der Waals surface area contributed by atoms with E-state index in [0.29, 0.717) is 0 Å². The van der Waals surface area contributed by atoms with Crippen LogP contribution in [0.15, 0.2) is 78.3 Å². The number of hydrogen-bond donors (Lipinski definition) is 0. The predicted octanol–water partition coefficient (Wildman–Crippen LogP) is 4.04. The number of rotatable bonds is 5. The molecule has 0 saturated heterocycles. The van der Waals surface area contributed by atoms with Crippen molar-refractivity contribution in [2.45, 2.75) is 18.0 Å². The average molecular weight is 327 g/mol. The summed E-state index contributed by atoms with van der Waals surface area (Å²) >= 11 is 0. The summed E-state index contributed by atoms with van der Waals surface area (Å²) < 4.78 is 32.0. The number of nitrogens with zero attached hydrogens (tertiary/aromatic N) is 1. The Morgan fingerprint density at radius 1 is 1.09 bits per heavy atom. The van der Waals surface area contributed by atoms with Crippen LogP contribution in [0.2, 0.25) is 0 Å². The monoisotopic (exact) mass is 327 g/mol. The van der Waals surface area contributed by atoms with Gasteiger partial charge in [0.2, 0.25) is 0 Å². The zero-order valence-corrected chi connectivity index (χ0v) is 13.5. The summed E-state index contributed by atoms with van der Waals surface area (Å²) in [5, 5.41) is 1.01. The van der Waals surface area contributed by atoms with Crippen molar-refractivity contribution < 1.29 is 12.6 Å². The molecular weight excluding hydrogens is 310 g/mol. The van der Waals surface area contributed by atoms with Crippen LogP contribution in [0.25, 0.3) is 10.9 Å². The zero-order chi connectivity index (χ0) is 16.4. The van der Waals surface area contributed by atoms with Crippen molar-refractivity contribution in [2.24, 2.45) is 0 Å². The minimum absolute atomic E-state index is 0.131. The van der Waals surface area contributed by atoms with Gasteiger partial charge >= 0.3 is 0 Å². The fourth-order valence-electron chi connectivity index (χ4n) is 2.42. The predicted molar refractivity (Wildman–Crippen MR) is 90.6 cm³/mol. The number of hydrogen-bond acceptors (Lipinski definition) is 3. The Bertz CT molecular complexity index is 940. The molecule has 118 valence electrons. The minimum Gasteiger partial charge on any atom is -0.317 e. The van der Waals surface area contributed by atoms with Gasteiger partial charge in [-0.3, -0.25) is 0 Å². The van der Waals surface area contributed by atoms with E-state index in [-0.39, 0.29) is 4.90 Å². The highest BCUT2D eigenvalue weighted by Gasteiger charge is 2.21. The first-order chi connectivity index (χ1) is 11.0. The summed E-state index contributed by atoms with van der Waals surface area (Å²) in [6, 6.07) is 16.2. The molecule has 0 N–H and O–H groups in total. The van der Waals surface area contributed by atoms with Gasteiger partial charge in [-0.2, -0.15) is 8.42 Å². The maximum absolute atomic E-state index is 12.5. The second-order valence-corrected chi connectivity index (χ2v) is 6.84. The summed E-state index contributed by atoms with van der Waals surface area (Å²) in [5.41, 5.74) is 1.87. The lowest BCUT2D eigenvalue weighted by Crippen LogP contribution is -2.15. The lowest BCUT2D eigenvalue weighted by atomic mass is 10.2. The lowest BCUT2D eigenvalue weighted by molar-refractivity contribution is 0.195. The van der Waals surface area contributed by atoms with Gasteiger partial charge in [-0.1, -0.05) is 42.5 Å². The highest BCUT2D eigenvalue weighted by molar-refractivity contribution is 7.86. The van der Waals surface area contributed by atoms with Crippen LogP contribution in [-0.4, -0.2) is 13.0 Å². The molecule has 0 aliphatic rings. The fourth-order valence-corrected chi connectivity index (χ4v) is 3.43. The van der Waals surface area contributed by atoms with Gasteiger partial charge in [0.15, 0.2) is 6.23 Å². The third-order valence-electron chi connectivity index (χ3n) is 3.64. The molecule has 0 spiro atoms. The molecule has 1 heterocycles. The second kappa shape index (κ2) is 6.02. The van der Waals surface area contributed by atoms with Crippen molar-refractivity contribution in [3.63, 3.8) is 0 Å². The smallest absolute Gasteiger partial charge is 0.299 e. The molecule has 0 fully saturated rings. The van der Waals surface area contributed by atoms with Crippen LogP contribution in [-0.2, 0) is 14.3 Å². The highest BCUT2D eigenvalue weighted by atomic mass is 32.2. The van der Waals surface area contributed by atoms with Gasteiger partial charge in [0.25, 0.3) is 10.1 Å². The molecular formula is C18H17NO3S. The number of aromatic nitrogens is 1. The molecule has 2 aromatic carbocycles. The number of benzene rings is 2. The SMILES string of the molecule is C=CC(OS(=O)(=O)c1ccc(C)cc1)n1ccc2ccccc21. The largest absolute Gasteiger partial charge is 0.317 e. The summed E-state index contributed by atoms with van der Waals surface area (Å²) in [6.45, 7) is 5.60. The summed E-state index contributed by atoms with van der Waals surface area (Å²) in [6.07, 6.45) is 2.46. The van der Waals surface area contributed by atoms with Crippen molar-refractivity contribution >= 4 is 21.0 Å². The van der Waals surface area contributed by atoms with E-state index in [9.17, 15) is 8.42 Å². The van der Waals surface area contributed by atoms with Crippen LogP contribution in [0.1, 0.15) is 11.8 Å². The second-order valence-electron chi connectivity index (χ2n) is 5.27. The molecule has 0 aliphatic heterocycles. The zero-order valence-electron chi connectivity index (χ0n) is 12.7. The van der Waals surface area contributed by atoms with Gasteiger partial charge in [0.05, 0.1) is 10.4 Å². The Morgan fingerprint density at radius 2 is 1.78 bits per heavy atom. The van der Waals surface area contributed by atoms with Crippen LogP contribution in [0, 0.1) is 6.92 Å². The van der Waals surface area contributed by atoms with Crippen molar-refractivity contribution in [3.8, 4) is 0 Å². The van der Waals surface area contributed by atoms with E-state index < -0.39 is 16.3 Å². The van der Waals surface area contributed by atoms with Crippen LogP contribution >= 0.6 is 0 Å². The first kappa shape index (κ1) is 15.5. The molecule has 4 nitrogen and oxygen atoms in total. The minimum atomic E-state index is -3.88. The molecule has 0 saturated carbocycles. The van der Waals surface area contributed by atoms with Crippen LogP contribution in [0.5, 0.6) is 0 Å². The van der Waals surface area contributed by atoms with Crippen LogP contribution < -0.4 is 0 Å². The number of aryl methyl sites for hydroxylation is 1. The molecule has 0 aliphatic carbocycles. The topological polar surface area (TPSA) is 48.3 Å². The van der Waals surface area contributed by atoms with E-state index in [1.54, 1.807) is 35.0 Å². The standard InChI is InChI=1S/C18H17NO3S/c1-3-18(19-13-12-15-6-4-5-7-17(15)19)22-23(20,21)16-10-8-14(2)9-11-16/h3-13,18H,1H2,2H3. The van der Waals surface area contributed by atoms with E-state index in [1.165, 1.54) is 6.08 Å². The maximum atomic E-state index is 12.5. The lowest BCUT2D eigenvalue weighted by Gasteiger charge is -2.17. The van der Waals surface area contributed by atoms with Crippen molar-refractivity contribution in [2.75, 3.05) is 0 Å². The van der Waals surface area contributed by atoms with Crippen molar-refractivity contribution in [3.05, 3.63) is 79.0 Å². The Hall–Kier alpha value is -2.37. The molecule has 1 atom stereocenters. The van der Waals surface area contributed by atoms with Crippen LogP contribution in [0.3, 0.4) is 0 Å². The summed E-state index contributed by atoms with van der Waals surface area (Å²) in [7, 11) is -3.88. The summed E-state index contributed by atoms with van der Waals surface area (Å²) in [5.74, 6) is 0. The Morgan fingerprint density at radius 3 is 2.48 bits per heavy atom. The fraction of sp³-hybridized carbons (Fsp3) is 0.111. The van der Waals surface area contributed by atoms with Gasteiger partial charge in [-0.05, 0) is 42.7 Å². The normalized spacial score (nSPS) is 13.1. The van der Waals surface area contributed by atoms with Gasteiger partial charge in [-0.15, -0.1) is 0 Å². The number of para-hydroxylation sites is 1. The third kappa shape index (κ3) is 3.06. The van der Waals surface area contributed by atoms with Gasteiger partial charge in [0.1, 0.15) is 0 Å². The van der Waals surface area contributed by atoms with E-state index in [2.05, 4.69) is 6.58 Å². The van der Waals surface area contributed by atoms with E-state index >= 15 is 0 Å². The third-order valence-corrected chi connectivity index (χ3v) is 4.94. The van der Waals surface area contributed by atoms with Crippen LogP contribution in [0.4, 0.5) is 0 Å². The quantitative estimate of drug-likeness (QED) is 0.525. The van der Waals surface area contributed by atoms with Gasteiger partial charge < -0.3 is 4.57 Å². The Kier molecular flexibility index (Phi) is 4.07. The van der Waals surface area contributed by atoms with Gasteiger partial charge in [-0.25, -0.2) is 4.18 Å². The molecule has 23 heavy (non-hydrogen) atoms. The molecule has 1 unspecified atom stereocenters. The molecule has 0 radical (unpaired) electrons. The first-order valence-corrected chi connectivity index (χ1v) is 8.60. The van der Waals surface area contributed by atoms with E-state index in [4.69, 9.17) is 4.18 Å². The van der Waals surface area contributed by atoms with Crippen molar-refractivity contribution in [1.29, 1.82) is 0 Å². The van der Waals surface area contributed by atoms with E-state index in [1.807, 2.05) is 37.3 Å². The summed E-state index contributed by atoms with van der Waals surface area (Å²) in [4.78, 5) is 0.131. The molecule has 3 aromatic rings. The molecule has 1 aromatic heterocycles. The Labute approximate surface area is 135 Å². The first-order valence-electron chi connectivity index (χ1n) is 7.19. The van der Waals surface area contributed by atoms with Crippen molar-refractivity contribution in [1.82, 2.24) is 4.57 Å². The molecule has 5 heteroatoms.